The third-order valence-corrected chi connectivity index (χ3v) is 1.95. The number of hydrogen-bond acceptors (Lipinski definition) is 2. The van der Waals surface area contributed by atoms with Crippen LogP contribution >= 0.6 is 0 Å². The molecule has 0 radical (unpaired) electrons. The van der Waals surface area contributed by atoms with Crippen molar-refractivity contribution in [2.75, 3.05) is 0 Å². The van der Waals surface area contributed by atoms with Crippen LogP contribution in [-0.4, -0.2) is 21.0 Å². The van der Waals surface area contributed by atoms with Crippen molar-refractivity contribution < 1.29 is 5.11 Å². The predicted octanol–water partition coefficient (Wildman–Crippen LogP) is 1.04. The van der Waals surface area contributed by atoms with Crippen LogP contribution in [0.15, 0.2) is 6.20 Å². The first-order valence-corrected chi connectivity index (χ1v) is 4.27. The number of aliphatic hydroxyl groups is 1. The zero-order valence-corrected chi connectivity index (χ0v) is 7.91. The number of hydrogen-bond donors (Lipinski definition) is 1. The molecular weight excluding hydrogens is 152 g/mol. The highest BCUT2D eigenvalue weighted by Gasteiger charge is 2.03. The third kappa shape index (κ3) is 2.34. The van der Waals surface area contributed by atoms with Gasteiger partial charge in [-0.1, -0.05) is 0 Å². The second kappa shape index (κ2) is 3.72. The van der Waals surface area contributed by atoms with Crippen molar-refractivity contribution >= 4 is 0 Å². The molecule has 3 nitrogen and oxygen atoms in total. The minimum absolute atomic E-state index is 0.218. The molecule has 0 fully saturated rings. The standard InChI is InChI=1S/C9H16N2O/c1-7(12)4-5-9-6-11(3)10-8(9)2/h6-7,12H,4-5H2,1-3H3/t7-/m0/s1. The second-order valence-electron chi connectivity index (χ2n) is 3.30. The molecule has 1 rings (SSSR count). The lowest BCUT2D eigenvalue weighted by Gasteiger charge is -2.01. The molecule has 1 aromatic rings. The van der Waals surface area contributed by atoms with Gasteiger partial charge in [-0.3, -0.25) is 4.68 Å². The van der Waals surface area contributed by atoms with E-state index >= 15 is 0 Å². The molecule has 0 aliphatic carbocycles. The van der Waals surface area contributed by atoms with E-state index in [-0.39, 0.29) is 6.10 Å². The summed E-state index contributed by atoms with van der Waals surface area (Å²) in [6.07, 6.45) is 3.52. The van der Waals surface area contributed by atoms with E-state index < -0.39 is 0 Å². The number of aryl methyl sites for hydroxylation is 3. The Balaban J connectivity index is 2.57. The van der Waals surface area contributed by atoms with Crippen molar-refractivity contribution in [2.45, 2.75) is 32.8 Å². The van der Waals surface area contributed by atoms with Gasteiger partial charge < -0.3 is 5.11 Å². The summed E-state index contributed by atoms with van der Waals surface area (Å²) < 4.78 is 1.81. The van der Waals surface area contributed by atoms with E-state index in [9.17, 15) is 0 Å². The Hall–Kier alpha value is -0.830. The Morgan fingerprint density at radius 3 is 2.75 bits per heavy atom. The molecule has 12 heavy (non-hydrogen) atoms. The molecule has 0 spiro atoms. The van der Waals surface area contributed by atoms with E-state index in [0.29, 0.717) is 0 Å². The molecule has 1 aromatic heterocycles. The van der Waals surface area contributed by atoms with Gasteiger partial charge in [-0.05, 0) is 32.3 Å². The Bertz CT molecular complexity index is 253. The molecule has 0 saturated heterocycles. The first kappa shape index (κ1) is 9.26. The highest BCUT2D eigenvalue weighted by atomic mass is 16.3. The van der Waals surface area contributed by atoms with Gasteiger partial charge in [0.1, 0.15) is 0 Å². The Morgan fingerprint density at radius 1 is 1.67 bits per heavy atom. The fourth-order valence-electron chi connectivity index (χ4n) is 1.26. The fourth-order valence-corrected chi connectivity index (χ4v) is 1.26. The molecule has 1 atom stereocenters. The molecule has 0 amide bonds. The van der Waals surface area contributed by atoms with Crippen molar-refractivity contribution in [3.63, 3.8) is 0 Å². The van der Waals surface area contributed by atoms with E-state index in [1.54, 1.807) is 0 Å². The molecule has 0 aliphatic rings. The summed E-state index contributed by atoms with van der Waals surface area (Å²) in [5, 5.41) is 13.3. The first-order valence-electron chi connectivity index (χ1n) is 4.27. The van der Waals surface area contributed by atoms with Crippen LogP contribution in [0.3, 0.4) is 0 Å². The predicted molar refractivity (Wildman–Crippen MR) is 47.9 cm³/mol. The summed E-state index contributed by atoms with van der Waals surface area (Å²) >= 11 is 0. The minimum Gasteiger partial charge on any atom is -0.393 e. The van der Waals surface area contributed by atoms with E-state index in [4.69, 9.17) is 5.11 Å². The van der Waals surface area contributed by atoms with Crippen LogP contribution in [0.5, 0.6) is 0 Å². The number of aromatic nitrogens is 2. The van der Waals surface area contributed by atoms with E-state index in [2.05, 4.69) is 5.10 Å². The molecule has 0 aromatic carbocycles. The summed E-state index contributed by atoms with van der Waals surface area (Å²) in [5.74, 6) is 0. The van der Waals surface area contributed by atoms with Crippen LogP contribution in [0.4, 0.5) is 0 Å². The smallest absolute Gasteiger partial charge is 0.0625 e. The zero-order valence-electron chi connectivity index (χ0n) is 7.91. The largest absolute Gasteiger partial charge is 0.393 e. The van der Waals surface area contributed by atoms with Gasteiger partial charge in [-0.25, -0.2) is 0 Å². The zero-order chi connectivity index (χ0) is 9.14. The lowest BCUT2D eigenvalue weighted by atomic mass is 10.1. The van der Waals surface area contributed by atoms with Crippen molar-refractivity contribution in [1.29, 1.82) is 0 Å². The van der Waals surface area contributed by atoms with Crippen LogP contribution in [0, 0.1) is 6.92 Å². The van der Waals surface area contributed by atoms with Gasteiger partial charge in [0.05, 0.1) is 11.8 Å². The van der Waals surface area contributed by atoms with Gasteiger partial charge in [0.2, 0.25) is 0 Å². The topological polar surface area (TPSA) is 38.0 Å². The molecular formula is C9H16N2O. The van der Waals surface area contributed by atoms with Crippen molar-refractivity contribution in [1.82, 2.24) is 9.78 Å². The molecule has 0 saturated carbocycles. The second-order valence-corrected chi connectivity index (χ2v) is 3.30. The molecule has 1 N–H and O–H groups in total. The van der Waals surface area contributed by atoms with Crippen molar-refractivity contribution in [2.24, 2.45) is 7.05 Å². The van der Waals surface area contributed by atoms with Gasteiger partial charge in [-0.15, -0.1) is 0 Å². The highest BCUT2D eigenvalue weighted by molar-refractivity contribution is 5.15. The number of rotatable bonds is 3. The summed E-state index contributed by atoms with van der Waals surface area (Å²) in [7, 11) is 1.92. The first-order chi connectivity index (χ1) is 5.59. The van der Waals surface area contributed by atoms with Crippen LogP contribution < -0.4 is 0 Å². The minimum atomic E-state index is -0.218. The molecule has 3 heteroatoms. The Kier molecular flexibility index (Phi) is 2.87. The number of nitrogens with zero attached hydrogens (tertiary/aromatic N) is 2. The average molecular weight is 168 g/mol. The van der Waals surface area contributed by atoms with Gasteiger partial charge in [0, 0.05) is 13.2 Å². The van der Waals surface area contributed by atoms with Gasteiger partial charge >= 0.3 is 0 Å². The van der Waals surface area contributed by atoms with Crippen LogP contribution in [0.2, 0.25) is 0 Å². The fraction of sp³-hybridized carbons (Fsp3) is 0.667. The summed E-state index contributed by atoms with van der Waals surface area (Å²) in [4.78, 5) is 0. The number of aliphatic hydroxyl groups excluding tert-OH is 1. The molecule has 68 valence electrons. The summed E-state index contributed by atoms with van der Waals surface area (Å²) in [6, 6.07) is 0. The lowest BCUT2D eigenvalue weighted by molar-refractivity contribution is 0.185. The summed E-state index contributed by atoms with van der Waals surface area (Å²) in [6.45, 7) is 3.81. The SMILES string of the molecule is Cc1nn(C)cc1CC[C@H](C)O. The van der Waals surface area contributed by atoms with E-state index in [1.807, 2.05) is 31.8 Å². The summed E-state index contributed by atoms with van der Waals surface area (Å²) in [5.41, 5.74) is 2.30. The Morgan fingerprint density at radius 2 is 2.33 bits per heavy atom. The maximum absolute atomic E-state index is 9.08. The van der Waals surface area contributed by atoms with Crippen molar-refractivity contribution in [3.8, 4) is 0 Å². The van der Waals surface area contributed by atoms with Crippen molar-refractivity contribution in [3.05, 3.63) is 17.5 Å². The van der Waals surface area contributed by atoms with Crippen LogP contribution in [0.25, 0.3) is 0 Å². The van der Waals surface area contributed by atoms with E-state index in [0.717, 1.165) is 18.5 Å². The van der Waals surface area contributed by atoms with E-state index in [1.165, 1.54) is 5.56 Å². The quantitative estimate of drug-likeness (QED) is 0.732. The van der Waals surface area contributed by atoms with Crippen LogP contribution in [-0.2, 0) is 13.5 Å². The highest BCUT2D eigenvalue weighted by Crippen LogP contribution is 2.08. The molecule has 0 aliphatic heterocycles. The monoisotopic (exact) mass is 168 g/mol. The molecule has 0 bridgehead atoms. The normalized spacial score (nSPS) is 13.3. The lowest BCUT2D eigenvalue weighted by Crippen LogP contribution is -2.01. The van der Waals surface area contributed by atoms with Gasteiger partial charge in [0.15, 0.2) is 0 Å². The van der Waals surface area contributed by atoms with Gasteiger partial charge in [0.25, 0.3) is 0 Å². The maximum Gasteiger partial charge on any atom is 0.0625 e. The van der Waals surface area contributed by atoms with Gasteiger partial charge in [-0.2, -0.15) is 5.10 Å². The maximum atomic E-state index is 9.08. The average Bonchev–Trinajstić information content (AvgIpc) is 2.26. The molecule has 0 unspecified atom stereocenters. The third-order valence-electron chi connectivity index (χ3n) is 1.95. The van der Waals surface area contributed by atoms with Crippen LogP contribution in [0.1, 0.15) is 24.6 Å². The molecule has 1 heterocycles. The Labute approximate surface area is 73.0 Å².